The zero-order chi connectivity index (χ0) is 13.9. The highest BCUT2D eigenvalue weighted by Gasteiger charge is 2.16. The smallest absolute Gasteiger partial charge is 0.278 e. The largest absolute Gasteiger partial charge is 0.492 e. The lowest BCUT2D eigenvalue weighted by Crippen LogP contribution is -2.13. The minimum atomic E-state index is -3.68. The molecule has 2 aromatic rings. The van der Waals surface area contributed by atoms with Gasteiger partial charge in [-0.15, -0.1) is 0 Å². The Labute approximate surface area is 115 Å². The molecule has 0 bridgehead atoms. The van der Waals surface area contributed by atoms with Gasteiger partial charge in [0.05, 0.1) is 23.5 Å². The van der Waals surface area contributed by atoms with Gasteiger partial charge in [0, 0.05) is 0 Å². The lowest BCUT2D eigenvalue weighted by Gasteiger charge is -2.09. The molecule has 0 unspecified atom stereocenters. The van der Waals surface area contributed by atoms with Gasteiger partial charge in [0.1, 0.15) is 5.75 Å². The van der Waals surface area contributed by atoms with Gasteiger partial charge in [0.2, 0.25) is 0 Å². The summed E-state index contributed by atoms with van der Waals surface area (Å²) in [5.41, 5.74) is 0.350. The Morgan fingerprint density at radius 3 is 2.79 bits per heavy atom. The summed E-state index contributed by atoms with van der Waals surface area (Å²) in [6.07, 6.45) is 1.36. The van der Waals surface area contributed by atoms with E-state index in [0.29, 0.717) is 23.1 Å². The zero-order valence-corrected chi connectivity index (χ0v) is 11.6. The number of aromatic nitrogens is 2. The number of benzene rings is 1. The summed E-state index contributed by atoms with van der Waals surface area (Å²) in [6.45, 7) is 2.32. The van der Waals surface area contributed by atoms with Gasteiger partial charge in [-0.05, 0) is 31.2 Å². The number of aromatic amines is 1. The van der Waals surface area contributed by atoms with Crippen molar-refractivity contribution >= 4 is 27.3 Å². The monoisotopic (exact) mass is 301 g/mol. The summed E-state index contributed by atoms with van der Waals surface area (Å²) in [4.78, 5) is 0. The summed E-state index contributed by atoms with van der Waals surface area (Å²) in [5, 5.41) is 6.30. The molecule has 0 saturated heterocycles. The quantitative estimate of drug-likeness (QED) is 0.887. The number of H-pyrrole nitrogens is 1. The van der Waals surface area contributed by atoms with E-state index in [0.717, 1.165) is 0 Å². The third-order valence-corrected chi connectivity index (χ3v) is 3.85. The summed E-state index contributed by atoms with van der Waals surface area (Å²) >= 11 is 5.98. The predicted octanol–water partition coefficient (Wildman–Crippen LogP) is 2.26. The van der Waals surface area contributed by atoms with Crippen LogP contribution in [0.15, 0.2) is 35.5 Å². The maximum absolute atomic E-state index is 11.9. The second-order valence-corrected chi connectivity index (χ2v) is 5.66. The molecule has 2 rings (SSSR count). The number of rotatable bonds is 5. The van der Waals surface area contributed by atoms with Crippen molar-refractivity contribution in [2.24, 2.45) is 0 Å². The second-order valence-electron chi connectivity index (χ2n) is 3.60. The van der Waals surface area contributed by atoms with E-state index >= 15 is 0 Å². The molecule has 1 heterocycles. The van der Waals surface area contributed by atoms with E-state index in [1.54, 1.807) is 12.1 Å². The molecular weight excluding hydrogens is 290 g/mol. The molecule has 0 aliphatic carbocycles. The van der Waals surface area contributed by atoms with Crippen LogP contribution in [0.5, 0.6) is 5.75 Å². The number of hydrogen-bond donors (Lipinski definition) is 2. The fourth-order valence-corrected chi connectivity index (χ4v) is 2.64. The highest BCUT2D eigenvalue weighted by atomic mass is 35.5. The lowest BCUT2D eigenvalue weighted by molar-refractivity contribution is 0.340. The molecule has 1 aromatic heterocycles. The van der Waals surface area contributed by atoms with Crippen LogP contribution in [0.25, 0.3) is 0 Å². The van der Waals surface area contributed by atoms with E-state index in [1.807, 2.05) is 6.92 Å². The molecular formula is C11H12ClN3O3S. The van der Waals surface area contributed by atoms with Crippen molar-refractivity contribution in [3.63, 3.8) is 0 Å². The molecule has 2 N–H and O–H groups in total. The van der Waals surface area contributed by atoms with Crippen molar-refractivity contribution in [3.8, 4) is 5.75 Å². The van der Waals surface area contributed by atoms with Crippen LogP contribution in [0.1, 0.15) is 6.92 Å². The number of halogens is 1. The van der Waals surface area contributed by atoms with Crippen molar-refractivity contribution in [2.45, 2.75) is 11.9 Å². The number of anilines is 1. The summed E-state index contributed by atoms with van der Waals surface area (Å²) in [6, 6.07) is 6.03. The van der Waals surface area contributed by atoms with Crippen LogP contribution < -0.4 is 9.46 Å². The minimum absolute atomic E-state index is 0.0162. The fraction of sp³-hybridized carbons (Fsp3) is 0.182. The molecule has 19 heavy (non-hydrogen) atoms. The summed E-state index contributed by atoms with van der Waals surface area (Å²) in [5.74, 6) is 0.508. The minimum Gasteiger partial charge on any atom is -0.492 e. The highest BCUT2D eigenvalue weighted by Crippen LogP contribution is 2.28. The Morgan fingerprint density at radius 2 is 2.21 bits per heavy atom. The van der Waals surface area contributed by atoms with Crippen LogP contribution in [0.3, 0.4) is 0 Å². The lowest BCUT2D eigenvalue weighted by atomic mass is 10.3. The maximum Gasteiger partial charge on any atom is 0.278 e. The number of hydrogen-bond acceptors (Lipinski definition) is 4. The first-order chi connectivity index (χ1) is 9.03. The van der Waals surface area contributed by atoms with E-state index in [2.05, 4.69) is 14.9 Å². The van der Waals surface area contributed by atoms with Crippen LogP contribution >= 0.6 is 11.6 Å². The average Bonchev–Trinajstić information content (AvgIpc) is 2.87. The fourth-order valence-electron chi connectivity index (χ4n) is 1.44. The summed E-state index contributed by atoms with van der Waals surface area (Å²) in [7, 11) is -3.68. The van der Waals surface area contributed by atoms with Gasteiger partial charge in [-0.2, -0.15) is 13.5 Å². The van der Waals surface area contributed by atoms with E-state index in [4.69, 9.17) is 16.3 Å². The second kappa shape index (κ2) is 5.50. The van der Waals surface area contributed by atoms with E-state index < -0.39 is 10.0 Å². The molecule has 102 valence electrons. The number of sulfonamides is 1. The first-order valence-corrected chi connectivity index (χ1v) is 7.33. The zero-order valence-electron chi connectivity index (χ0n) is 10.1. The molecule has 6 nitrogen and oxygen atoms in total. The third kappa shape index (κ3) is 3.18. The number of nitrogens with zero attached hydrogens (tertiary/aromatic N) is 1. The van der Waals surface area contributed by atoms with Gasteiger partial charge in [-0.3, -0.25) is 9.82 Å². The molecule has 8 heteroatoms. The first kappa shape index (κ1) is 13.7. The SMILES string of the molecule is CCOc1ccc(NS(=O)(=O)c2ccn[nH]2)cc1Cl. The van der Waals surface area contributed by atoms with Gasteiger partial charge >= 0.3 is 0 Å². The van der Waals surface area contributed by atoms with Crippen LogP contribution in [-0.4, -0.2) is 25.2 Å². The molecule has 0 aliphatic heterocycles. The first-order valence-electron chi connectivity index (χ1n) is 5.47. The molecule has 0 radical (unpaired) electrons. The van der Waals surface area contributed by atoms with Gasteiger partial charge in [-0.1, -0.05) is 11.6 Å². The van der Waals surface area contributed by atoms with Crippen molar-refractivity contribution < 1.29 is 13.2 Å². The standard InChI is InChI=1S/C11H12ClN3O3S/c1-2-18-10-4-3-8(7-9(10)12)15-19(16,17)11-5-6-13-14-11/h3-7,15H,2H2,1H3,(H,13,14). The highest BCUT2D eigenvalue weighted by molar-refractivity contribution is 7.92. The van der Waals surface area contributed by atoms with E-state index in [9.17, 15) is 8.42 Å². The topological polar surface area (TPSA) is 84.1 Å². The van der Waals surface area contributed by atoms with Crippen LogP contribution in [-0.2, 0) is 10.0 Å². The molecule has 0 spiro atoms. The van der Waals surface area contributed by atoms with Gasteiger partial charge < -0.3 is 4.74 Å². The molecule has 0 fully saturated rings. The van der Waals surface area contributed by atoms with Crippen molar-refractivity contribution in [3.05, 3.63) is 35.5 Å². The van der Waals surface area contributed by atoms with E-state index in [1.165, 1.54) is 18.3 Å². The number of nitrogens with one attached hydrogen (secondary N) is 2. The summed E-state index contributed by atoms with van der Waals surface area (Å²) < 4.78 is 31.5. The van der Waals surface area contributed by atoms with Crippen molar-refractivity contribution in [2.75, 3.05) is 11.3 Å². The van der Waals surface area contributed by atoms with E-state index in [-0.39, 0.29) is 5.03 Å². The Kier molecular flexibility index (Phi) is 3.96. The Hall–Kier alpha value is -1.73. The average molecular weight is 302 g/mol. The Morgan fingerprint density at radius 1 is 1.42 bits per heavy atom. The maximum atomic E-state index is 11.9. The molecule has 1 aromatic carbocycles. The number of ether oxygens (including phenoxy) is 1. The van der Waals surface area contributed by atoms with Crippen LogP contribution in [0.2, 0.25) is 5.02 Å². The van der Waals surface area contributed by atoms with Crippen LogP contribution in [0.4, 0.5) is 5.69 Å². The van der Waals surface area contributed by atoms with Crippen molar-refractivity contribution in [1.29, 1.82) is 0 Å². The molecule has 0 atom stereocenters. The van der Waals surface area contributed by atoms with Crippen LogP contribution in [0, 0.1) is 0 Å². The normalized spacial score (nSPS) is 11.3. The Balaban J connectivity index is 2.23. The molecule has 0 aliphatic rings. The van der Waals surface area contributed by atoms with Gasteiger partial charge in [0.25, 0.3) is 10.0 Å². The predicted molar refractivity (Wildman–Crippen MR) is 72.0 cm³/mol. The van der Waals surface area contributed by atoms with Gasteiger partial charge in [0.15, 0.2) is 5.03 Å². The van der Waals surface area contributed by atoms with Crippen molar-refractivity contribution in [1.82, 2.24) is 10.2 Å². The van der Waals surface area contributed by atoms with Gasteiger partial charge in [-0.25, -0.2) is 0 Å². The third-order valence-electron chi connectivity index (χ3n) is 2.25. The Bertz CT molecular complexity index is 656. The molecule has 0 amide bonds. The molecule has 0 saturated carbocycles.